The average molecular weight is 248 g/mol. The van der Waals surface area contributed by atoms with Gasteiger partial charge in [-0.2, -0.15) is 12.6 Å². The van der Waals surface area contributed by atoms with Crippen LogP contribution in [0.15, 0.2) is 6.07 Å². The van der Waals surface area contributed by atoms with Crippen molar-refractivity contribution in [3.05, 3.63) is 17.0 Å². The number of thiol groups is 1. The summed E-state index contributed by atoms with van der Waals surface area (Å²) < 4.78 is 0. The van der Waals surface area contributed by atoms with Gasteiger partial charge in [0, 0.05) is 20.2 Å². The average Bonchev–Trinajstić information content (AvgIpc) is 2.15. The number of carbonyl (C=O) groups is 1. The van der Waals surface area contributed by atoms with Crippen LogP contribution in [0.1, 0.15) is 11.1 Å². The number of hydrogen-bond donors (Lipinski definition) is 2. The van der Waals surface area contributed by atoms with E-state index in [1.807, 2.05) is 0 Å². The predicted octanol–water partition coefficient (Wildman–Crippen LogP) is 1.25. The highest BCUT2D eigenvalue weighted by molar-refractivity contribution is 7.81. The van der Waals surface area contributed by atoms with Crippen LogP contribution in [-0.2, 0) is 4.79 Å². The van der Waals surface area contributed by atoms with Gasteiger partial charge in [-0.05, 0) is 0 Å². The van der Waals surface area contributed by atoms with Crippen LogP contribution in [0.25, 0.3) is 0 Å². The molecule has 1 heterocycles. The summed E-state index contributed by atoms with van der Waals surface area (Å²) in [5, 5.41) is 7.87. The molecule has 0 amide bonds. The summed E-state index contributed by atoms with van der Waals surface area (Å²) in [5.74, 6) is -0.474. The van der Waals surface area contributed by atoms with Crippen LogP contribution >= 0.6 is 24.2 Å². The summed E-state index contributed by atoms with van der Waals surface area (Å²) in [5.41, 5.74) is 0. The second kappa shape index (κ2) is 4.67. The first-order chi connectivity index (χ1) is 6.91. The fourth-order valence-electron chi connectivity index (χ4n) is 0.885. The zero-order chi connectivity index (χ0) is 11.6. The molecule has 15 heavy (non-hydrogen) atoms. The van der Waals surface area contributed by atoms with E-state index >= 15 is 0 Å². The predicted molar refractivity (Wildman–Crippen MR) is 60.7 cm³/mol. The van der Waals surface area contributed by atoms with Crippen LogP contribution in [0.2, 0.25) is 5.15 Å². The van der Waals surface area contributed by atoms with Gasteiger partial charge < -0.3 is 10.0 Å². The molecule has 0 aliphatic rings. The van der Waals surface area contributed by atoms with Gasteiger partial charge >= 0.3 is 5.97 Å². The second-order valence-electron chi connectivity index (χ2n) is 3.04. The number of carboxylic acid groups (broad SMARTS) is 1. The number of anilines is 1. The molecule has 0 aliphatic heterocycles. The van der Waals surface area contributed by atoms with Crippen molar-refractivity contribution >= 4 is 36.0 Å². The van der Waals surface area contributed by atoms with E-state index in [1.54, 1.807) is 25.1 Å². The maximum Gasteiger partial charge on any atom is 0.324 e. The Balaban J connectivity index is 3.14. The quantitative estimate of drug-likeness (QED) is 0.622. The third-order valence-electron chi connectivity index (χ3n) is 1.64. The first-order valence-corrected chi connectivity index (χ1v) is 4.94. The summed E-state index contributed by atoms with van der Waals surface area (Å²) in [6, 6.07) is 1.55. The maximum atomic E-state index is 10.7. The van der Waals surface area contributed by atoms with Crippen molar-refractivity contribution < 1.29 is 9.90 Å². The van der Waals surface area contributed by atoms with Gasteiger partial charge in [0.25, 0.3) is 0 Å². The monoisotopic (exact) mass is 247 g/mol. The van der Waals surface area contributed by atoms with Gasteiger partial charge in [0.05, 0.1) is 0 Å². The lowest BCUT2D eigenvalue weighted by molar-refractivity contribution is -0.136. The van der Waals surface area contributed by atoms with Gasteiger partial charge in [-0.15, -0.1) is 0 Å². The molecule has 1 aromatic heterocycles. The van der Waals surface area contributed by atoms with E-state index in [2.05, 4.69) is 22.6 Å². The zero-order valence-corrected chi connectivity index (χ0v) is 9.83. The summed E-state index contributed by atoms with van der Waals surface area (Å²) in [7, 11) is 3.55. The maximum absolute atomic E-state index is 10.7. The van der Waals surface area contributed by atoms with Crippen molar-refractivity contribution in [2.75, 3.05) is 19.0 Å². The van der Waals surface area contributed by atoms with Gasteiger partial charge in [-0.3, -0.25) is 4.79 Å². The molecule has 0 bridgehead atoms. The topological polar surface area (TPSA) is 66.3 Å². The van der Waals surface area contributed by atoms with Gasteiger partial charge in [-0.1, -0.05) is 11.6 Å². The van der Waals surface area contributed by atoms with E-state index in [9.17, 15) is 4.79 Å². The SMILES string of the molecule is CN(C)c1cc(Cl)nc(C(S)C(=O)O)n1. The number of hydrogen-bond acceptors (Lipinski definition) is 5. The first kappa shape index (κ1) is 12.1. The molecule has 1 rings (SSSR count). The molecule has 0 aliphatic carbocycles. The molecule has 0 aromatic carbocycles. The molecule has 0 spiro atoms. The fraction of sp³-hybridized carbons (Fsp3) is 0.375. The second-order valence-corrected chi connectivity index (χ2v) is 3.95. The van der Waals surface area contributed by atoms with E-state index < -0.39 is 11.2 Å². The molecule has 0 fully saturated rings. The van der Waals surface area contributed by atoms with Crippen LogP contribution in [0.3, 0.4) is 0 Å². The lowest BCUT2D eigenvalue weighted by atomic mass is 10.4. The summed E-state index contributed by atoms with van der Waals surface area (Å²) in [6.07, 6.45) is 0. The first-order valence-electron chi connectivity index (χ1n) is 4.04. The normalized spacial score (nSPS) is 12.3. The van der Waals surface area contributed by atoms with Crippen LogP contribution in [0, 0.1) is 0 Å². The Morgan fingerprint density at radius 1 is 1.60 bits per heavy atom. The number of aliphatic carboxylic acids is 1. The zero-order valence-electron chi connectivity index (χ0n) is 8.18. The molecular weight excluding hydrogens is 238 g/mol. The smallest absolute Gasteiger partial charge is 0.324 e. The number of rotatable bonds is 3. The number of aromatic nitrogens is 2. The Morgan fingerprint density at radius 2 is 2.20 bits per heavy atom. The summed E-state index contributed by atoms with van der Waals surface area (Å²) >= 11 is 9.61. The number of halogens is 1. The Labute approximate surface area is 97.5 Å². The standard InChI is InChI=1S/C8H10ClN3O2S/c1-12(2)5-3-4(9)10-7(11-5)6(15)8(13)14/h3,6,15H,1-2H3,(H,13,14). The van der Waals surface area contributed by atoms with Gasteiger partial charge in [0.1, 0.15) is 11.0 Å². The number of carboxylic acids is 1. The molecule has 1 unspecified atom stereocenters. The van der Waals surface area contributed by atoms with E-state index in [1.165, 1.54) is 0 Å². The Bertz CT molecular complexity index is 386. The Morgan fingerprint density at radius 3 is 2.67 bits per heavy atom. The Hall–Kier alpha value is -1.01. The van der Waals surface area contributed by atoms with Crippen molar-refractivity contribution in [1.29, 1.82) is 0 Å². The van der Waals surface area contributed by atoms with Crippen molar-refractivity contribution in [2.45, 2.75) is 5.25 Å². The summed E-state index contributed by atoms with van der Waals surface area (Å²) in [4.78, 5) is 20.2. The van der Waals surface area contributed by atoms with Crippen molar-refractivity contribution in [1.82, 2.24) is 9.97 Å². The minimum atomic E-state index is -1.11. The molecule has 1 aromatic rings. The van der Waals surface area contributed by atoms with E-state index in [-0.39, 0.29) is 11.0 Å². The van der Waals surface area contributed by atoms with Gasteiger partial charge in [0.15, 0.2) is 11.1 Å². The number of nitrogens with zero attached hydrogens (tertiary/aromatic N) is 3. The molecule has 82 valence electrons. The van der Waals surface area contributed by atoms with Crippen molar-refractivity contribution in [2.24, 2.45) is 0 Å². The minimum Gasteiger partial charge on any atom is -0.480 e. The van der Waals surface area contributed by atoms with Crippen molar-refractivity contribution in [3.63, 3.8) is 0 Å². The molecule has 0 radical (unpaired) electrons. The minimum absolute atomic E-state index is 0.0852. The van der Waals surface area contributed by atoms with Crippen LogP contribution < -0.4 is 4.90 Å². The third-order valence-corrected chi connectivity index (χ3v) is 2.28. The van der Waals surface area contributed by atoms with E-state index in [0.717, 1.165) is 0 Å². The van der Waals surface area contributed by atoms with Crippen LogP contribution in [-0.4, -0.2) is 35.1 Å². The molecule has 7 heteroatoms. The Kier molecular flexibility index (Phi) is 3.76. The lowest BCUT2D eigenvalue weighted by Crippen LogP contribution is -2.15. The molecule has 0 saturated carbocycles. The van der Waals surface area contributed by atoms with E-state index in [0.29, 0.717) is 5.82 Å². The van der Waals surface area contributed by atoms with Gasteiger partial charge in [-0.25, -0.2) is 9.97 Å². The molecule has 5 nitrogen and oxygen atoms in total. The summed E-state index contributed by atoms with van der Waals surface area (Å²) in [6.45, 7) is 0. The van der Waals surface area contributed by atoms with Crippen LogP contribution in [0.5, 0.6) is 0 Å². The lowest BCUT2D eigenvalue weighted by Gasteiger charge is -2.13. The highest BCUT2D eigenvalue weighted by Gasteiger charge is 2.19. The van der Waals surface area contributed by atoms with E-state index in [4.69, 9.17) is 16.7 Å². The van der Waals surface area contributed by atoms with Crippen LogP contribution in [0.4, 0.5) is 5.82 Å². The molecule has 1 N–H and O–H groups in total. The molecular formula is C8H10ClN3O2S. The molecule has 0 saturated heterocycles. The highest BCUT2D eigenvalue weighted by Crippen LogP contribution is 2.21. The largest absolute Gasteiger partial charge is 0.480 e. The highest BCUT2D eigenvalue weighted by atomic mass is 35.5. The molecule has 1 atom stereocenters. The third kappa shape index (κ3) is 2.97. The van der Waals surface area contributed by atoms with Gasteiger partial charge in [0.2, 0.25) is 0 Å². The van der Waals surface area contributed by atoms with Crippen molar-refractivity contribution in [3.8, 4) is 0 Å². The fourth-order valence-corrected chi connectivity index (χ4v) is 1.18.